The van der Waals surface area contributed by atoms with Crippen molar-refractivity contribution in [1.82, 2.24) is 4.90 Å². The predicted octanol–water partition coefficient (Wildman–Crippen LogP) is 3.85. The van der Waals surface area contributed by atoms with Crippen LogP contribution in [0.4, 0.5) is 5.00 Å². The molecule has 7 nitrogen and oxygen atoms in total. The minimum Gasteiger partial charge on any atom is -0.465 e. The molecule has 1 unspecified atom stereocenters. The summed E-state index contributed by atoms with van der Waals surface area (Å²) in [6.45, 7) is 6.03. The van der Waals surface area contributed by atoms with Gasteiger partial charge in [-0.15, -0.1) is 11.3 Å². The van der Waals surface area contributed by atoms with Crippen LogP contribution < -0.4 is 14.8 Å². The first-order valence-electron chi connectivity index (χ1n) is 10.6. The van der Waals surface area contributed by atoms with Crippen LogP contribution in [0.5, 0.6) is 11.5 Å². The summed E-state index contributed by atoms with van der Waals surface area (Å²) in [4.78, 5) is 28.5. The second-order valence-electron chi connectivity index (χ2n) is 8.09. The Labute approximate surface area is 186 Å². The van der Waals surface area contributed by atoms with Crippen LogP contribution >= 0.6 is 11.3 Å². The molecule has 1 amide bonds. The largest absolute Gasteiger partial charge is 0.465 e. The molecule has 2 aromatic rings. The van der Waals surface area contributed by atoms with Gasteiger partial charge in [-0.05, 0) is 55.0 Å². The first kappa shape index (κ1) is 21.6. The smallest absolute Gasteiger partial charge is 0.341 e. The SMILES string of the molecule is CCN(CC(=O)Nc1sc2c(c1C(=O)OC)CCC(C)C2)Cc1ccc2c(c1)OCO2. The van der Waals surface area contributed by atoms with Gasteiger partial charge in [0.25, 0.3) is 0 Å². The number of likely N-dealkylation sites (N-methyl/N-ethyl adjacent to an activating group) is 1. The maximum atomic E-state index is 12.9. The summed E-state index contributed by atoms with van der Waals surface area (Å²) in [7, 11) is 1.38. The molecule has 1 aliphatic heterocycles. The van der Waals surface area contributed by atoms with Gasteiger partial charge in [0.1, 0.15) is 5.00 Å². The van der Waals surface area contributed by atoms with E-state index >= 15 is 0 Å². The topological polar surface area (TPSA) is 77.1 Å². The minimum absolute atomic E-state index is 0.139. The molecule has 0 saturated heterocycles. The Kier molecular flexibility index (Phi) is 6.48. The number of hydrogen-bond donors (Lipinski definition) is 1. The highest BCUT2D eigenvalue weighted by molar-refractivity contribution is 7.17. The highest BCUT2D eigenvalue weighted by Crippen LogP contribution is 2.40. The van der Waals surface area contributed by atoms with Gasteiger partial charge in [0.15, 0.2) is 11.5 Å². The van der Waals surface area contributed by atoms with Gasteiger partial charge in [-0.1, -0.05) is 19.9 Å². The van der Waals surface area contributed by atoms with E-state index in [4.69, 9.17) is 14.2 Å². The zero-order valence-electron chi connectivity index (χ0n) is 18.2. The van der Waals surface area contributed by atoms with Crippen LogP contribution in [0.2, 0.25) is 0 Å². The summed E-state index contributed by atoms with van der Waals surface area (Å²) in [5, 5.41) is 3.59. The van der Waals surface area contributed by atoms with E-state index < -0.39 is 0 Å². The third-order valence-corrected chi connectivity index (χ3v) is 6.98. The minimum atomic E-state index is -0.380. The highest BCUT2D eigenvalue weighted by atomic mass is 32.1. The van der Waals surface area contributed by atoms with E-state index in [9.17, 15) is 9.59 Å². The van der Waals surface area contributed by atoms with Crippen molar-refractivity contribution in [2.24, 2.45) is 5.92 Å². The van der Waals surface area contributed by atoms with Crippen LogP contribution in [0.15, 0.2) is 18.2 Å². The average molecular weight is 445 g/mol. The van der Waals surface area contributed by atoms with Gasteiger partial charge in [-0.3, -0.25) is 9.69 Å². The van der Waals surface area contributed by atoms with Crippen LogP contribution in [0.1, 0.15) is 46.6 Å². The molecule has 0 bridgehead atoms. The lowest BCUT2D eigenvalue weighted by atomic mass is 9.88. The summed E-state index contributed by atoms with van der Waals surface area (Å²) < 4.78 is 15.8. The second-order valence-corrected chi connectivity index (χ2v) is 9.19. The number of anilines is 1. The number of nitrogens with zero attached hydrogens (tertiary/aromatic N) is 1. The number of thiophene rings is 1. The van der Waals surface area contributed by atoms with Gasteiger partial charge in [-0.2, -0.15) is 0 Å². The Morgan fingerprint density at radius 1 is 1.29 bits per heavy atom. The second kappa shape index (κ2) is 9.28. The Balaban J connectivity index is 1.45. The number of esters is 1. The molecular weight excluding hydrogens is 416 g/mol. The fourth-order valence-corrected chi connectivity index (χ4v) is 5.52. The average Bonchev–Trinajstić information content (AvgIpc) is 3.35. The molecule has 31 heavy (non-hydrogen) atoms. The molecule has 0 fully saturated rings. The molecule has 0 spiro atoms. The lowest BCUT2D eigenvalue weighted by Gasteiger charge is -2.20. The van der Waals surface area contributed by atoms with Crippen LogP contribution in [-0.4, -0.2) is 43.8 Å². The zero-order chi connectivity index (χ0) is 22.0. The maximum absolute atomic E-state index is 12.9. The van der Waals surface area contributed by atoms with E-state index in [1.165, 1.54) is 23.3 Å². The number of rotatable bonds is 7. The summed E-state index contributed by atoms with van der Waals surface area (Å²) in [5.41, 5.74) is 2.62. The van der Waals surface area contributed by atoms with Gasteiger partial charge in [0.2, 0.25) is 12.7 Å². The van der Waals surface area contributed by atoms with Crippen molar-refractivity contribution in [3.8, 4) is 11.5 Å². The molecule has 2 aliphatic rings. The van der Waals surface area contributed by atoms with E-state index in [1.807, 2.05) is 30.0 Å². The van der Waals surface area contributed by atoms with Crippen molar-refractivity contribution in [1.29, 1.82) is 0 Å². The Morgan fingerprint density at radius 2 is 2.10 bits per heavy atom. The third-order valence-electron chi connectivity index (χ3n) is 5.81. The molecule has 4 rings (SSSR count). The molecule has 1 aromatic heterocycles. The number of carbonyl (C=O) groups excluding carboxylic acids is 2. The van der Waals surface area contributed by atoms with E-state index in [2.05, 4.69) is 12.2 Å². The Hall–Kier alpha value is -2.58. The number of carbonyl (C=O) groups is 2. The lowest BCUT2D eigenvalue weighted by molar-refractivity contribution is -0.117. The molecule has 166 valence electrons. The number of ether oxygens (including phenoxy) is 3. The monoisotopic (exact) mass is 444 g/mol. The van der Waals surface area contributed by atoms with Crippen molar-refractivity contribution < 1.29 is 23.8 Å². The van der Waals surface area contributed by atoms with Crippen LogP contribution in [0.25, 0.3) is 0 Å². The summed E-state index contributed by atoms with van der Waals surface area (Å²) in [6, 6.07) is 5.83. The summed E-state index contributed by atoms with van der Waals surface area (Å²) in [6.07, 6.45) is 2.82. The van der Waals surface area contributed by atoms with Crippen molar-refractivity contribution in [3.63, 3.8) is 0 Å². The first-order valence-corrected chi connectivity index (χ1v) is 11.4. The normalized spacial score (nSPS) is 16.8. The Bertz CT molecular complexity index is 987. The lowest BCUT2D eigenvalue weighted by Crippen LogP contribution is -2.32. The van der Waals surface area contributed by atoms with Gasteiger partial charge in [0.05, 0.1) is 19.2 Å². The number of fused-ring (bicyclic) bond motifs is 2. The van der Waals surface area contributed by atoms with Crippen molar-refractivity contribution in [2.45, 2.75) is 39.7 Å². The highest BCUT2D eigenvalue weighted by Gasteiger charge is 2.29. The van der Waals surface area contributed by atoms with Crippen LogP contribution in [-0.2, 0) is 28.9 Å². The summed E-state index contributed by atoms with van der Waals surface area (Å²) >= 11 is 1.51. The van der Waals surface area contributed by atoms with Gasteiger partial charge in [-0.25, -0.2) is 4.79 Å². The molecule has 1 aromatic carbocycles. The predicted molar refractivity (Wildman–Crippen MR) is 119 cm³/mol. The van der Waals surface area contributed by atoms with Crippen LogP contribution in [0, 0.1) is 5.92 Å². The van der Waals surface area contributed by atoms with E-state index in [0.29, 0.717) is 29.6 Å². The van der Waals surface area contributed by atoms with E-state index in [0.717, 1.165) is 41.9 Å². The number of nitrogens with one attached hydrogen (secondary N) is 1. The summed E-state index contributed by atoms with van der Waals surface area (Å²) in [5.74, 6) is 1.54. The molecule has 0 radical (unpaired) electrons. The standard InChI is InChI=1S/C23H28N2O5S/c1-4-25(11-15-6-8-17-18(10-15)30-13-29-17)12-20(26)24-22-21(23(27)28-3)16-7-5-14(2)9-19(16)31-22/h6,8,10,14H,4-5,7,9,11-13H2,1-3H3,(H,24,26). The molecule has 1 aliphatic carbocycles. The third kappa shape index (κ3) is 4.70. The van der Waals surface area contributed by atoms with Crippen molar-refractivity contribution in [3.05, 3.63) is 39.8 Å². The van der Waals surface area contributed by atoms with Gasteiger partial charge >= 0.3 is 5.97 Å². The van der Waals surface area contributed by atoms with Crippen LogP contribution in [0.3, 0.4) is 0 Å². The Morgan fingerprint density at radius 3 is 2.87 bits per heavy atom. The number of amides is 1. The molecule has 8 heteroatoms. The number of methoxy groups -OCH3 is 1. The first-order chi connectivity index (χ1) is 15.0. The molecule has 1 atom stereocenters. The van der Waals surface area contributed by atoms with Crippen molar-refractivity contribution in [2.75, 3.05) is 32.3 Å². The maximum Gasteiger partial charge on any atom is 0.341 e. The fraction of sp³-hybridized carbons (Fsp3) is 0.478. The molecule has 2 heterocycles. The number of hydrogen-bond acceptors (Lipinski definition) is 7. The fourth-order valence-electron chi connectivity index (χ4n) is 4.10. The molecule has 0 saturated carbocycles. The zero-order valence-corrected chi connectivity index (χ0v) is 19.0. The quantitative estimate of drug-likeness (QED) is 0.654. The molecule has 1 N–H and O–H groups in total. The van der Waals surface area contributed by atoms with Gasteiger partial charge < -0.3 is 19.5 Å². The van der Waals surface area contributed by atoms with Gasteiger partial charge in [0, 0.05) is 11.4 Å². The van der Waals surface area contributed by atoms with E-state index in [1.54, 1.807) is 0 Å². The molecular formula is C23H28N2O5S. The number of benzene rings is 1. The van der Waals surface area contributed by atoms with E-state index in [-0.39, 0.29) is 25.2 Å². The van der Waals surface area contributed by atoms with Crippen molar-refractivity contribution >= 4 is 28.2 Å².